The van der Waals surface area contributed by atoms with Gasteiger partial charge in [-0.15, -0.1) is 0 Å². The third-order valence-electron chi connectivity index (χ3n) is 3.48. The lowest BCUT2D eigenvalue weighted by atomic mass is 10.1. The molecule has 0 bridgehead atoms. The minimum atomic E-state index is 0.335. The van der Waals surface area contributed by atoms with E-state index in [1.54, 1.807) is 0 Å². The van der Waals surface area contributed by atoms with Gasteiger partial charge in [-0.25, -0.2) is 0 Å². The van der Waals surface area contributed by atoms with Gasteiger partial charge in [-0.1, -0.05) is 70.6 Å². The van der Waals surface area contributed by atoms with E-state index >= 15 is 0 Å². The third kappa shape index (κ3) is 17.3. The molecule has 0 atom stereocenters. The van der Waals surface area contributed by atoms with E-state index in [2.05, 4.69) is 25.7 Å². The van der Waals surface area contributed by atoms with Crippen molar-refractivity contribution >= 4 is 0 Å². The van der Waals surface area contributed by atoms with Crippen molar-refractivity contribution in [1.82, 2.24) is 0 Å². The van der Waals surface area contributed by atoms with Gasteiger partial charge in [-0.05, 0) is 32.1 Å². The van der Waals surface area contributed by atoms with Crippen molar-refractivity contribution in [2.45, 2.75) is 90.4 Å². The highest BCUT2D eigenvalue weighted by Gasteiger charge is 1.92. The maximum absolute atomic E-state index is 8.94. The van der Waals surface area contributed by atoms with Crippen molar-refractivity contribution in [2.24, 2.45) is 0 Å². The molecule has 0 aromatic carbocycles. The Morgan fingerprint density at radius 2 is 1.26 bits per heavy atom. The molecule has 0 amide bonds. The Morgan fingerprint density at radius 3 is 1.79 bits per heavy atom. The van der Waals surface area contributed by atoms with Crippen LogP contribution in [0.5, 0.6) is 0 Å². The second-order valence-electron chi connectivity index (χ2n) is 5.55. The minimum Gasteiger partial charge on any atom is -0.513 e. The fourth-order valence-corrected chi connectivity index (χ4v) is 2.22. The predicted octanol–water partition coefficient (Wildman–Crippen LogP) is 6.71. The molecule has 0 aliphatic carbocycles. The van der Waals surface area contributed by atoms with E-state index in [0.717, 1.165) is 12.8 Å². The van der Waals surface area contributed by atoms with Gasteiger partial charge in [0, 0.05) is 6.42 Å². The molecular formula is C18H34O. The molecule has 0 heterocycles. The first kappa shape index (κ1) is 18.3. The molecule has 0 fully saturated rings. The van der Waals surface area contributed by atoms with Gasteiger partial charge in [-0.3, -0.25) is 0 Å². The van der Waals surface area contributed by atoms with Gasteiger partial charge in [0.15, 0.2) is 0 Å². The maximum atomic E-state index is 8.94. The molecule has 1 nitrogen and oxygen atoms in total. The Kier molecular flexibility index (Phi) is 14.8. The number of allylic oxidation sites excluding steroid dienone is 3. The number of rotatable bonds is 14. The fourth-order valence-electron chi connectivity index (χ4n) is 2.22. The smallest absolute Gasteiger partial charge is 0.0851 e. The molecule has 0 saturated carbocycles. The molecule has 0 aromatic heterocycles. The van der Waals surface area contributed by atoms with E-state index in [9.17, 15) is 0 Å². The molecule has 1 N–H and O–H groups in total. The molecule has 0 unspecified atom stereocenters. The summed E-state index contributed by atoms with van der Waals surface area (Å²) in [5.74, 6) is 0.335. The molecule has 0 aliphatic heterocycles. The first-order chi connectivity index (χ1) is 9.27. The topological polar surface area (TPSA) is 20.2 Å². The zero-order valence-electron chi connectivity index (χ0n) is 13.0. The summed E-state index contributed by atoms with van der Waals surface area (Å²) in [4.78, 5) is 0. The SMILES string of the molecule is C=C(O)CCCCCCC/C=C\CCCCCCC. The van der Waals surface area contributed by atoms with Crippen molar-refractivity contribution < 1.29 is 5.11 Å². The predicted molar refractivity (Wildman–Crippen MR) is 86.6 cm³/mol. The molecule has 0 spiro atoms. The summed E-state index contributed by atoms with van der Waals surface area (Å²) in [6.45, 7) is 5.76. The van der Waals surface area contributed by atoms with Gasteiger partial charge < -0.3 is 5.11 Å². The van der Waals surface area contributed by atoms with Crippen LogP contribution in [0.4, 0.5) is 0 Å². The summed E-state index contributed by atoms with van der Waals surface area (Å²) in [6, 6.07) is 0. The number of hydrogen-bond acceptors (Lipinski definition) is 1. The second kappa shape index (κ2) is 15.3. The Morgan fingerprint density at radius 1 is 0.789 bits per heavy atom. The van der Waals surface area contributed by atoms with E-state index in [4.69, 9.17) is 5.11 Å². The van der Waals surface area contributed by atoms with Crippen LogP contribution in [0, 0.1) is 0 Å². The highest BCUT2D eigenvalue weighted by molar-refractivity contribution is 4.81. The van der Waals surface area contributed by atoms with Crippen molar-refractivity contribution in [3.63, 3.8) is 0 Å². The van der Waals surface area contributed by atoms with Crippen LogP contribution in [-0.2, 0) is 0 Å². The summed E-state index contributed by atoms with van der Waals surface area (Å²) in [6.07, 6.45) is 21.1. The van der Waals surface area contributed by atoms with Crippen LogP contribution in [-0.4, -0.2) is 5.11 Å². The van der Waals surface area contributed by atoms with Crippen molar-refractivity contribution in [3.05, 3.63) is 24.5 Å². The Bertz CT molecular complexity index is 218. The summed E-state index contributed by atoms with van der Waals surface area (Å²) in [5.41, 5.74) is 0. The van der Waals surface area contributed by atoms with E-state index in [1.807, 2.05) is 0 Å². The number of aliphatic hydroxyl groups excluding tert-OH is 1. The van der Waals surface area contributed by atoms with Gasteiger partial charge >= 0.3 is 0 Å². The van der Waals surface area contributed by atoms with Crippen molar-refractivity contribution in [2.75, 3.05) is 0 Å². The first-order valence-electron chi connectivity index (χ1n) is 8.29. The number of unbranched alkanes of at least 4 members (excludes halogenated alkanes) is 10. The zero-order valence-corrected chi connectivity index (χ0v) is 13.0. The van der Waals surface area contributed by atoms with Crippen LogP contribution in [0.15, 0.2) is 24.5 Å². The van der Waals surface area contributed by atoms with Gasteiger partial charge in [0.2, 0.25) is 0 Å². The van der Waals surface area contributed by atoms with E-state index < -0.39 is 0 Å². The lowest BCUT2D eigenvalue weighted by molar-refractivity contribution is 0.383. The maximum Gasteiger partial charge on any atom is 0.0851 e. The molecule has 0 radical (unpaired) electrons. The summed E-state index contributed by atoms with van der Waals surface area (Å²) >= 11 is 0. The molecule has 0 aliphatic rings. The van der Waals surface area contributed by atoms with Gasteiger partial charge in [-0.2, -0.15) is 0 Å². The summed E-state index contributed by atoms with van der Waals surface area (Å²) in [5, 5.41) is 8.94. The largest absolute Gasteiger partial charge is 0.513 e. The van der Waals surface area contributed by atoms with Crippen LogP contribution in [0.25, 0.3) is 0 Å². The Hall–Kier alpha value is -0.720. The van der Waals surface area contributed by atoms with E-state index in [0.29, 0.717) is 5.76 Å². The Labute approximate surface area is 120 Å². The second-order valence-corrected chi connectivity index (χ2v) is 5.55. The van der Waals surface area contributed by atoms with Crippen molar-refractivity contribution in [1.29, 1.82) is 0 Å². The normalized spacial score (nSPS) is 11.2. The van der Waals surface area contributed by atoms with Crippen LogP contribution >= 0.6 is 0 Å². The lowest BCUT2D eigenvalue weighted by Crippen LogP contribution is -1.82. The average Bonchev–Trinajstić information content (AvgIpc) is 2.39. The van der Waals surface area contributed by atoms with Gasteiger partial charge in [0.25, 0.3) is 0 Å². The van der Waals surface area contributed by atoms with Crippen LogP contribution in [0.1, 0.15) is 90.4 Å². The molecule has 19 heavy (non-hydrogen) atoms. The monoisotopic (exact) mass is 266 g/mol. The quantitative estimate of drug-likeness (QED) is 0.210. The van der Waals surface area contributed by atoms with Gasteiger partial charge in [0.1, 0.15) is 0 Å². The molecular weight excluding hydrogens is 232 g/mol. The first-order valence-corrected chi connectivity index (χ1v) is 8.29. The lowest BCUT2D eigenvalue weighted by Gasteiger charge is -2.00. The molecule has 0 rings (SSSR count). The Balaban J connectivity index is 3.06. The highest BCUT2D eigenvalue weighted by atomic mass is 16.3. The molecule has 112 valence electrons. The zero-order chi connectivity index (χ0) is 14.2. The average molecular weight is 266 g/mol. The minimum absolute atomic E-state index is 0.335. The summed E-state index contributed by atoms with van der Waals surface area (Å²) in [7, 11) is 0. The number of aliphatic hydroxyl groups is 1. The standard InChI is InChI=1S/C18H34O/c1-3-4-5-6-7-8-9-10-11-12-13-14-15-16-17-18(2)19/h9-10,19H,2-8,11-17H2,1H3/b10-9-. The van der Waals surface area contributed by atoms with Crippen LogP contribution in [0.2, 0.25) is 0 Å². The van der Waals surface area contributed by atoms with E-state index in [-0.39, 0.29) is 0 Å². The highest BCUT2D eigenvalue weighted by Crippen LogP contribution is 2.10. The third-order valence-corrected chi connectivity index (χ3v) is 3.48. The molecule has 0 saturated heterocycles. The molecule has 1 heteroatoms. The van der Waals surface area contributed by atoms with Crippen LogP contribution in [0.3, 0.4) is 0 Å². The number of hydrogen-bond donors (Lipinski definition) is 1. The summed E-state index contributed by atoms with van der Waals surface area (Å²) < 4.78 is 0. The van der Waals surface area contributed by atoms with Crippen molar-refractivity contribution in [3.8, 4) is 0 Å². The fraction of sp³-hybridized carbons (Fsp3) is 0.778. The molecule has 0 aromatic rings. The van der Waals surface area contributed by atoms with E-state index in [1.165, 1.54) is 70.6 Å². The van der Waals surface area contributed by atoms with Crippen LogP contribution < -0.4 is 0 Å². The van der Waals surface area contributed by atoms with Gasteiger partial charge in [0.05, 0.1) is 5.76 Å².